The van der Waals surface area contributed by atoms with Crippen molar-refractivity contribution in [1.82, 2.24) is 9.55 Å². The van der Waals surface area contributed by atoms with E-state index in [-0.39, 0.29) is 24.4 Å². The standard InChI is InChI=1S/C18H22Cl2N2O2.C16H22Cl2O5S/c19-16-5-4-14(11-17(16)20)15(12-22-8-7-21-13-22)6-10-24-18-3-1-2-9-23-18;1-19-23-24-22-11-13(12-5-6-14(17)15(18)10-12)7-9-21-16-4-2-3-8-20-16/h4-5,7-8,11,13,15,18H,1-3,6,9-10,12H2;5-6,10,13,16H,2-4,7-9,11H2,1H3. The highest BCUT2D eigenvalue weighted by atomic mass is 35.5. The van der Waals surface area contributed by atoms with Gasteiger partial charge in [-0.05, 0) is 86.8 Å². The first-order valence-corrected chi connectivity index (χ1v) is 18.4. The van der Waals surface area contributed by atoms with Crippen LogP contribution in [-0.2, 0) is 38.9 Å². The molecule has 0 spiro atoms. The summed E-state index contributed by atoms with van der Waals surface area (Å²) in [6.45, 7) is 4.07. The molecule has 0 radical (unpaired) electrons. The molecule has 2 aliphatic rings. The van der Waals surface area contributed by atoms with E-state index in [1.807, 2.05) is 42.9 Å². The quantitative estimate of drug-likeness (QED) is 0.0577. The van der Waals surface area contributed by atoms with Gasteiger partial charge in [0.2, 0.25) is 0 Å². The van der Waals surface area contributed by atoms with E-state index in [1.54, 1.807) is 12.3 Å². The van der Waals surface area contributed by atoms with Crippen LogP contribution in [0, 0.1) is 0 Å². The zero-order valence-corrected chi connectivity index (χ0v) is 30.9. The molecule has 266 valence electrons. The van der Waals surface area contributed by atoms with Gasteiger partial charge in [0.05, 0.1) is 53.3 Å². The van der Waals surface area contributed by atoms with Crippen molar-refractivity contribution in [3.63, 3.8) is 0 Å². The van der Waals surface area contributed by atoms with E-state index in [1.165, 1.54) is 13.5 Å². The van der Waals surface area contributed by atoms with Gasteiger partial charge in [-0.2, -0.15) is 0 Å². The lowest BCUT2D eigenvalue weighted by molar-refractivity contribution is -0.167. The van der Waals surface area contributed by atoms with Gasteiger partial charge in [0.1, 0.15) is 0 Å². The summed E-state index contributed by atoms with van der Waals surface area (Å²) in [4.78, 5) is 8.60. The smallest absolute Gasteiger partial charge is 0.194 e. The van der Waals surface area contributed by atoms with Crippen molar-refractivity contribution in [1.29, 1.82) is 0 Å². The molecule has 2 fully saturated rings. The molecular weight excluding hydrogens is 722 g/mol. The molecule has 2 saturated heterocycles. The van der Waals surface area contributed by atoms with Crippen LogP contribution in [0.2, 0.25) is 20.1 Å². The summed E-state index contributed by atoms with van der Waals surface area (Å²) in [5.41, 5.74) is 2.20. The lowest BCUT2D eigenvalue weighted by atomic mass is 9.96. The summed E-state index contributed by atoms with van der Waals surface area (Å²) in [5.74, 6) is 0.369. The normalized spacial score (nSPS) is 19.4. The molecule has 0 bridgehead atoms. The molecule has 1 aromatic heterocycles. The molecule has 3 aromatic rings. The Labute approximate surface area is 308 Å². The third-order valence-corrected chi connectivity index (χ3v) is 9.95. The van der Waals surface area contributed by atoms with E-state index in [0.717, 1.165) is 88.2 Å². The predicted octanol–water partition coefficient (Wildman–Crippen LogP) is 10.1. The van der Waals surface area contributed by atoms with E-state index in [4.69, 9.17) is 69.5 Å². The Hall–Kier alpha value is -1.12. The zero-order chi connectivity index (χ0) is 34.0. The van der Waals surface area contributed by atoms with Gasteiger partial charge in [-0.3, -0.25) is 4.18 Å². The second-order valence-electron chi connectivity index (χ2n) is 11.5. The summed E-state index contributed by atoms with van der Waals surface area (Å²) in [5, 5.41) is 2.22. The first-order chi connectivity index (χ1) is 23.4. The Morgan fingerprint density at radius 3 is 1.90 bits per heavy atom. The maximum atomic E-state index is 6.19. The van der Waals surface area contributed by atoms with Gasteiger partial charge in [0.15, 0.2) is 24.9 Å². The van der Waals surface area contributed by atoms with Gasteiger partial charge in [0, 0.05) is 44.0 Å². The van der Waals surface area contributed by atoms with Crippen LogP contribution in [0.1, 0.15) is 74.3 Å². The lowest BCUT2D eigenvalue weighted by Crippen LogP contribution is -2.23. The third kappa shape index (κ3) is 14.2. The lowest BCUT2D eigenvalue weighted by Gasteiger charge is -2.24. The van der Waals surface area contributed by atoms with Crippen molar-refractivity contribution in [2.24, 2.45) is 0 Å². The summed E-state index contributed by atoms with van der Waals surface area (Å²) in [6.07, 6.45) is 13.6. The molecule has 3 heterocycles. The molecule has 4 atom stereocenters. The Morgan fingerprint density at radius 2 is 1.40 bits per heavy atom. The van der Waals surface area contributed by atoms with Crippen LogP contribution in [-0.4, -0.2) is 62.3 Å². The maximum Gasteiger partial charge on any atom is 0.194 e. The molecule has 5 rings (SSSR count). The van der Waals surface area contributed by atoms with Gasteiger partial charge >= 0.3 is 0 Å². The minimum Gasteiger partial charge on any atom is -0.353 e. The molecular formula is C34H44Cl4N2O7S. The Kier molecular flexibility index (Phi) is 18.7. The number of benzene rings is 2. The second-order valence-corrected chi connectivity index (χ2v) is 13.6. The Balaban J connectivity index is 0.000000217. The van der Waals surface area contributed by atoms with E-state index in [9.17, 15) is 0 Å². The predicted molar refractivity (Wildman–Crippen MR) is 191 cm³/mol. The number of nitrogens with zero attached hydrogens (tertiary/aromatic N) is 2. The number of rotatable bonds is 17. The summed E-state index contributed by atoms with van der Waals surface area (Å²) in [6, 6.07) is 11.4. The molecule has 4 unspecified atom stereocenters. The van der Waals surface area contributed by atoms with Crippen molar-refractivity contribution < 1.29 is 32.4 Å². The van der Waals surface area contributed by atoms with Crippen LogP contribution in [0.5, 0.6) is 0 Å². The molecule has 9 nitrogen and oxygen atoms in total. The number of hydrogen-bond donors (Lipinski definition) is 0. The van der Waals surface area contributed by atoms with Crippen LogP contribution < -0.4 is 0 Å². The molecule has 14 heteroatoms. The fraction of sp³-hybridized carbons (Fsp3) is 0.559. The average molecular weight is 767 g/mol. The molecule has 2 aromatic carbocycles. The summed E-state index contributed by atoms with van der Waals surface area (Å²) < 4.78 is 35.1. The second kappa shape index (κ2) is 22.6. The minimum atomic E-state index is -0.0969. The van der Waals surface area contributed by atoms with E-state index >= 15 is 0 Å². The largest absolute Gasteiger partial charge is 0.353 e. The van der Waals surface area contributed by atoms with Gasteiger partial charge in [-0.1, -0.05) is 58.5 Å². The van der Waals surface area contributed by atoms with Gasteiger partial charge < -0.3 is 23.5 Å². The van der Waals surface area contributed by atoms with Crippen molar-refractivity contribution >= 4 is 58.7 Å². The molecule has 0 N–H and O–H groups in total. The monoisotopic (exact) mass is 764 g/mol. The van der Waals surface area contributed by atoms with Crippen LogP contribution in [0.4, 0.5) is 0 Å². The average Bonchev–Trinajstić information content (AvgIpc) is 3.62. The van der Waals surface area contributed by atoms with Gasteiger partial charge in [0.25, 0.3) is 0 Å². The van der Waals surface area contributed by atoms with E-state index in [0.29, 0.717) is 39.9 Å². The van der Waals surface area contributed by atoms with Crippen LogP contribution in [0.3, 0.4) is 0 Å². The number of ether oxygens (including phenoxy) is 4. The SMILES string of the molecule is COOSOCC(CCOC1CCCCO1)c1ccc(Cl)c(Cl)c1.Clc1ccc(C(CCOC2CCCCO2)Cn2ccnc2)cc1Cl. The fourth-order valence-electron chi connectivity index (χ4n) is 5.42. The number of imidazole rings is 1. The maximum absolute atomic E-state index is 6.19. The van der Waals surface area contributed by atoms with Crippen LogP contribution >= 0.6 is 58.7 Å². The van der Waals surface area contributed by atoms with E-state index < -0.39 is 0 Å². The number of halogens is 4. The highest BCUT2D eigenvalue weighted by Crippen LogP contribution is 2.31. The van der Waals surface area contributed by atoms with Gasteiger partial charge in [-0.15, -0.1) is 4.33 Å². The van der Waals surface area contributed by atoms with E-state index in [2.05, 4.69) is 18.8 Å². The van der Waals surface area contributed by atoms with Crippen molar-refractivity contribution in [2.75, 3.05) is 40.1 Å². The van der Waals surface area contributed by atoms with Crippen molar-refractivity contribution in [3.8, 4) is 0 Å². The third-order valence-electron chi connectivity index (χ3n) is 8.05. The molecule has 2 aliphatic heterocycles. The van der Waals surface area contributed by atoms with Crippen LogP contribution in [0.25, 0.3) is 0 Å². The first kappa shape index (κ1) is 39.7. The first-order valence-electron chi connectivity index (χ1n) is 16.2. The fourth-order valence-corrected chi connectivity index (χ4v) is 6.35. The molecule has 0 saturated carbocycles. The summed E-state index contributed by atoms with van der Waals surface area (Å²) >= 11 is 25.2. The minimum absolute atomic E-state index is 0.0542. The van der Waals surface area contributed by atoms with Crippen molar-refractivity contribution in [2.45, 2.75) is 82.3 Å². The summed E-state index contributed by atoms with van der Waals surface area (Å²) in [7, 11) is 1.42. The Morgan fingerprint density at radius 1 is 0.812 bits per heavy atom. The highest BCUT2D eigenvalue weighted by Gasteiger charge is 2.19. The topological polar surface area (TPSA) is 82.4 Å². The zero-order valence-electron chi connectivity index (χ0n) is 27.1. The molecule has 48 heavy (non-hydrogen) atoms. The van der Waals surface area contributed by atoms with Crippen molar-refractivity contribution in [3.05, 3.63) is 86.3 Å². The molecule has 0 amide bonds. The van der Waals surface area contributed by atoms with Crippen LogP contribution in [0.15, 0.2) is 55.1 Å². The number of hydrogen-bond acceptors (Lipinski definition) is 9. The molecule has 0 aliphatic carbocycles. The van der Waals surface area contributed by atoms with Gasteiger partial charge in [-0.25, -0.2) is 9.87 Å². The highest BCUT2D eigenvalue weighted by molar-refractivity contribution is 7.89. The Bertz CT molecular complexity index is 1310. The number of aromatic nitrogens is 2.